The zero-order chi connectivity index (χ0) is 13.1. The molecule has 0 radical (unpaired) electrons. The van der Waals surface area contributed by atoms with Gasteiger partial charge in [0.25, 0.3) is 0 Å². The number of pyridine rings is 1. The molecule has 0 saturated heterocycles. The predicted octanol–water partition coefficient (Wildman–Crippen LogP) is 3.68. The molecule has 4 heteroatoms. The summed E-state index contributed by atoms with van der Waals surface area (Å²) in [6.45, 7) is 0. The highest BCUT2D eigenvalue weighted by atomic mass is 32.1. The number of hydrogen-bond acceptors (Lipinski definition) is 4. The fourth-order valence-electron chi connectivity index (χ4n) is 1.83. The third-order valence-electron chi connectivity index (χ3n) is 2.72. The van der Waals surface area contributed by atoms with Gasteiger partial charge in [-0.25, -0.2) is 4.98 Å². The van der Waals surface area contributed by atoms with E-state index in [1.807, 2.05) is 42.5 Å². The molecule has 0 saturated carbocycles. The van der Waals surface area contributed by atoms with Crippen LogP contribution in [0.2, 0.25) is 0 Å². The molecular formula is C15H10N2OS. The lowest BCUT2D eigenvalue weighted by atomic mass is 10.1. The average molecular weight is 266 g/mol. The molecule has 0 unspecified atom stereocenters. The van der Waals surface area contributed by atoms with Gasteiger partial charge in [-0.3, -0.25) is 9.78 Å². The van der Waals surface area contributed by atoms with Crippen LogP contribution >= 0.6 is 11.3 Å². The van der Waals surface area contributed by atoms with Crippen molar-refractivity contribution in [1.82, 2.24) is 9.97 Å². The van der Waals surface area contributed by atoms with E-state index in [1.54, 1.807) is 12.4 Å². The van der Waals surface area contributed by atoms with E-state index in [1.165, 1.54) is 11.3 Å². The van der Waals surface area contributed by atoms with Crippen LogP contribution in [0, 0.1) is 0 Å². The molecule has 2 heterocycles. The first-order valence-electron chi connectivity index (χ1n) is 5.80. The Balaban J connectivity index is 2.12. The SMILES string of the molecule is O=Cc1sc(-c2cccnc2)nc1-c1ccccc1. The van der Waals surface area contributed by atoms with Crippen molar-refractivity contribution in [2.45, 2.75) is 0 Å². The van der Waals surface area contributed by atoms with Gasteiger partial charge in [-0.2, -0.15) is 0 Å². The van der Waals surface area contributed by atoms with Crippen molar-refractivity contribution in [3.8, 4) is 21.8 Å². The topological polar surface area (TPSA) is 42.9 Å². The molecule has 0 fully saturated rings. The first-order valence-corrected chi connectivity index (χ1v) is 6.62. The Morgan fingerprint density at radius 1 is 1.00 bits per heavy atom. The molecule has 0 N–H and O–H groups in total. The van der Waals surface area contributed by atoms with Crippen molar-refractivity contribution in [2.24, 2.45) is 0 Å². The molecule has 3 aromatic rings. The molecule has 0 aliphatic rings. The summed E-state index contributed by atoms with van der Waals surface area (Å²) in [6.07, 6.45) is 4.33. The van der Waals surface area contributed by atoms with Crippen LogP contribution in [0.25, 0.3) is 21.8 Å². The van der Waals surface area contributed by atoms with Crippen molar-refractivity contribution in [3.05, 3.63) is 59.7 Å². The Morgan fingerprint density at radius 2 is 1.79 bits per heavy atom. The van der Waals surface area contributed by atoms with Crippen molar-refractivity contribution in [1.29, 1.82) is 0 Å². The molecule has 0 bridgehead atoms. The van der Waals surface area contributed by atoms with Gasteiger partial charge in [0.05, 0.1) is 10.6 Å². The van der Waals surface area contributed by atoms with Crippen LogP contribution in [-0.2, 0) is 0 Å². The summed E-state index contributed by atoms with van der Waals surface area (Å²) in [5.74, 6) is 0. The first-order chi connectivity index (χ1) is 9.38. The summed E-state index contributed by atoms with van der Waals surface area (Å²) < 4.78 is 0. The van der Waals surface area contributed by atoms with E-state index < -0.39 is 0 Å². The van der Waals surface area contributed by atoms with Gasteiger partial charge < -0.3 is 0 Å². The number of aromatic nitrogens is 2. The van der Waals surface area contributed by atoms with Gasteiger partial charge in [-0.05, 0) is 12.1 Å². The number of hydrogen-bond donors (Lipinski definition) is 0. The van der Waals surface area contributed by atoms with Gasteiger partial charge >= 0.3 is 0 Å². The summed E-state index contributed by atoms with van der Waals surface area (Å²) in [5, 5.41) is 0.814. The maximum Gasteiger partial charge on any atom is 0.162 e. The highest BCUT2D eigenvalue weighted by Gasteiger charge is 2.13. The van der Waals surface area contributed by atoms with Crippen LogP contribution in [0.5, 0.6) is 0 Å². The fourth-order valence-corrected chi connectivity index (χ4v) is 2.72. The van der Waals surface area contributed by atoms with Gasteiger partial charge in [0, 0.05) is 23.5 Å². The minimum atomic E-state index is 0.644. The van der Waals surface area contributed by atoms with E-state index in [-0.39, 0.29) is 0 Å². The Morgan fingerprint density at radius 3 is 2.47 bits per heavy atom. The summed E-state index contributed by atoms with van der Waals surface area (Å²) in [7, 11) is 0. The van der Waals surface area contributed by atoms with Gasteiger partial charge in [-0.15, -0.1) is 11.3 Å². The van der Waals surface area contributed by atoms with Crippen LogP contribution < -0.4 is 0 Å². The second kappa shape index (κ2) is 5.12. The molecule has 1 aromatic carbocycles. The number of nitrogens with zero attached hydrogens (tertiary/aromatic N) is 2. The Labute approximate surface area is 114 Å². The molecule has 0 amide bonds. The summed E-state index contributed by atoms with van der Waals surface area (Å²) >= 11 is 1.39. The van der Waals surface area contributed by atoms with Gasteiger partial charge in [0.2, 0.25) is 0 Å². The highest BCUT2D eigenvalue weighted by Crippen LogP contribution is 2.32. The van der Waals surface area contributed by atoms with E-state index in [4.69, 9.17) is 0 Å². The molecule has 0 atom stereocenters. The van der Waals surface area contributed by atoms with E-state index in [0.29, 0.717) is 4.88 Å². The normalized spacial score (nSPS) is 10.3. The van der Waals surface area contributed by atoms with Crippen LogP contribution in [-0.4, -0.2) is 16.3 Å². The molecule has 92 valence electrons. The molecular weight excluding hydrogens is 256 g/mol. The summed E-state index contributed by atoms with van der Waals surface area (Å²) in [6, 6.07) is 13.5. The molecule has 2 aromatic heterocycles. The molecule has 19 heavy (non-hydrogen) atoms. The largest absolute Gasteiger partial charge is 0.297 e. The van der Waals surface area contributed by atoms with Crippen LogP contribution in [0.3, 0.4) is 0 Å². The van der Waals surface area contributed by atoms with Crippen molar-refractivity contribution in [2.75, 3.05) is 0 Å². The monoisotopic (exact) mass is 266 g/mol. The van der Waals surface area contributed by atoms with Crippen LogP contribution in [0.4, 0.5) is 0 Å². The number of carbonyl (C=O) groups excluding carboxylic acids is 1. The lowest BCUT2D eigenvalue weighted by Gasteiger charge is -1.96. The molecule has 3 nitrogen and oxygen atoms in total. The van der Waals surface area contributed by atoms with E-state index in [0.717, 1.165) is 28.1 Å². The van der Waals surface area contributed by atoms with Crippen molar-refractivity contribution >= 4 is 17.6 Å². The average Bonchev–Trinajstić information content (AvgIpc) is 2.93. The first kappa shape index (κ1) is 11.7. The second-order valence-corrected chi connectivity index (χ2v) is 4.99. The minimum absolute atomic E-state index is 0.644. The van der Waals surface area contributed by atoms with E-state index >= 15 is 0 Å². The third-order valence-corrected chi connectivity index (χ3v) is 3.75. The third kappa shape index (κ3) is 2.30. The zero-order valence-electron chi connectivity index (χ0n) is 9.98. The number of rotatable bonds is 3. The highest BCUT2D eigenvalue weighted by molar-refractivity contribution is 7.17. The maximum absolute atomic E-state index is 11.2. The predicted molar refractivity (Wildman–Crippen MR) is 76.2 cm³/mol. The number of benzene rings is 1. The summed E-state index contributed by atoms with van der Waals surface area (Å²) in [4.78, 5) is 20.5. The fraction of sp³-hybridized carbons (Fsp3) is 0. The summed E-state index contributed by atoms with van der Waals surface area (Å²) in [5.41, 5.74) is 2.62. The zero-order valence-corrected chi connectivity index (χ0v) is 10.8. The lowest BCUT2D eigenvalue weighted by molar-refractivity contribution is 0.112. The smallest absolute Gasteiger partial charge is 0.162 e. The van der Waals surface area contributed by atoms with Crippen LogP contribution in [0.1, 0.15) is 9.67 Å². The number of aldehydes is 1. The standard InChI is InChI=1S/C15H10N2OS/c18-10-13-14(11-5-2-1-3-6-11)17-15(19-13)12-7-4-8-16-9-12/h1-10H. The van der Waals surface area contributed by atoms with Gasteiger partial charge in [-0.1, -0.05) is 30.3 Å². The molecule has 3 rings (SSSR count). The molecule has 0 spiro atoms. The van der Waals surface area contributed by atoms with Gasteiger partial charge in [0.15, 0.2) is 6.29 Å². The minimum Gasteiger partial charge on any atom is -0.297 e. The number of carbonyl (C=O) groups is 1. The lowest BCUT2D eigenvalue weighted by Crippen LogP contribution is -1.83. The van der Waals surface area contributed by atoms with E-state index in [9.17, 15) is 4.79 Å². The Kier molecular flexibility index (Phi) is 3.16. The Hall–Kier alpha value is -2.33. The molecule has 0 aliphatic carbocycles. The van der Waals surface area contributed by atoms with Gasteiger partial charge in [0.1, 0.15) is 5.01 Å². The van der Waals surface area contributed by atoms with Crippen molar-refractivity contribution in [3.63, 3.8) is 0 Å². The Bertz CT molecular complexity index is 693. The van der Waals surface area contributed by atoms with Crippen molar-refractivity contribution < 1.29 is 4.79 Å². The second-order valence-electron chi connectivity index (χ2n) is 3.96. The van der Waals surface area contributed by atoms with Crippen LogP contribution in [0.15, 0.2) is 54.9 Å². The maximum atomic E-state index is 11.2. The molecule has 0 aliphatic heterocycles. The quantitative estimate of drug-likeness (QED) is 0.679. The number of thiazole rings is 1. The van der Waals surface area contributed by atoms with E-state index in [2.05, 4.69) is 9.97 Å².